The molecular formula is C21H20ClN3O6. The van der Waals surface area contributed by atoms with Gasteiger partial charge in [-0.2, -0.15) is 0 Å². The number of nitro benzene ring substituents is 1. The van der Waals surface area contributed by atoms with Crippen LogP contribution in [0.1, 0.15) is 40.4 Å². The SMILES string of the molecule is O=C(COC(=O)CNC(=O)c1ccc(Cl)c([N+](=O)[O-])c1)NC1CCCc2ccccc21. The highest BCUT2D eigenvalue weighted by atomic mass is 35.5. The third kappa shape index (κ3) is 5.79. The van der Waals surface area contributed by atoms with Gasteiger partial charge < -0.3 is 15.4 Å². The number of rotatable bonds is 7. The van der Waals surface area contributed by atoms with Crippen molar-refractivity contribution >= 4 is 35.1 Å². The molecule has 3 rings (SSSR count). The Morgan fingerprint density at radius 2 is 1.97 bits per heavy atom. The third-order valence-corrected chi connectivity index (χ3v) is 5.19. The first kappa shape index (κ1) is 22.2. The Bertz CT molecular complexity index is 1030. The number of esters is 1. The lowest BCUT2D eigenvalue weighted by molar-refractivity contribution is -0.384. The lowest BCUT2D eigenvalue weighted by Crippen LogP contribution is -2.36. The highest BCUT2D eigenvalue weighted by Crippen LogP contribution is 2.29. The molecule has 0 saturated heterocycles. The van der Waals surface area contributed by atoms with Crippen molar-refractivity contribution < 1.29 is 24.0 Å². The maximum absolute atomic E-state index is 12.2. The van der Waals surface area contributed by atoms with Crippen LogP contribution in [-0.4, -0.2) is 35.9 Å². The number of nitrogens with zero attached hydrogens (tertiary/aromatic N) is 1. The number of carbonyl (C=O) groups excluding carboxylic acids is 3. The molecule has 1 atom stereocenters. The highest BCUT2D eigenvalue weighted by molar-refractivity contribution is 6.32. The molecule has 2 aromatic rings. The van der Waals surface area contributed by atoms with Gasteiger partial charge in [0, 0.05) is 11.6 Å². The summed E-state index contributed by atoms with van der Waals surface area (Å²) in [5.74, 6) is -1.95. The van der Waals surface area contributed by atoms with Crippen LogP contribution in [0.4, 0.5) is 5.69 Å². The van der Waals surface area contributed by atoms with Gasteiger partial charge in [-0.05, 0) is 42.5 Å². The molecule has 1 aliphatic carbocycles. The van der Waals surface area contributed by atoms with E-state index in [1.165, 1.54) is 17.7 Å². The Kier molecular flexibility index (Phi) is 7.19. The molecule has 9 nitrogen and oxygen atoms in total. The fraction of sp³-hybridized carbons (Fsp3) is 0.286. The van der Waals surface area contributed by atoms with Gasteiger partial charge >= 0.3 is 5.97 Å². The second-order valence-corrected chi connectivity index (χ2v) is 7.39. The van der Waals surface area contributed by atoms with E-state index in [9.17, 15) is 24.5 Å². The molecule has 31 heavy (non-hydrogen) atoms. The predicted molar refractivity (Wildman–Crippen MR) is 112 cm³/mol. The van der Waals surface area contributed by atoms with E-state index in [0.29, 0.717) is 0 Å². The van der Waals surface area contributed by atoms with Crippen molar-refractivity contribution in [2.24, 2.45) is 0 Å². The van der Waals surface area contributed by atoms with Gasteiger partial charge in [-0.15, -0.1) is 0 Å². The summed E-state index contributed by atoms with van der Waals surface area (Å²) in [7, 11) is 0. The fourth-order valence-corrected chi connectivity index (χ4v) is 3.57. The summed E-state index contributed by atoms with van der Waals surface area (Å²) in [6, 6.07) is 11.3. The molecule has 0 heterocycles. The topological polar surface area (TPSA) is 128 Å². The van der Waals surface area contributed by atoms with Crippen molar-refractivity contribution in [1.82, 2.24) is 10.6 Å². The molecule has 0 aliphatic heterocycles. The van der Waals surface area contributed by atoms with Crippen molar-refractivity contribution in [1.29, 1.82) is 0 Å². The van der Waals surface area contributed by atoms with E-state index in [-0.39, 0.29) is 16.6 Å². The summed E-state index contributed by atoms with van der Waals surface area (Å²) in [5.41, 5.74) is 1.81. The van der Waals surface area contributed by atoms with Gasteiger partial charge in [-0.1, -0.05) is 35.9 Å². The summed E-state index contributed by atoms with van der Waals surface area (Å²) in [6.45, 7) is -0.964. The normalized spacial score (nSPS) is 14.8. The maximum atomic E-state index is 12.2. The Morgan fingerprint density at radius 1 is 1.19 bits per heavy atom. The summed E-state index contributed by atoms with van der Waals surface area (Å²) in [6.07, 6.45) is 2.73. The molecule has 162 valence electrons. The monoisotopic (exact) mass is 445 g/mol. The summed E-state index contributed by atoms with van der Waals surface area (Å²) >= 11 is 5.71. The number of benzene rings is 2. The minimum atomic E-state index is -0.809. The van der Waals surface area contributed by atoms with Crippen LogP contribution < -0.4 is 10.6 Å². The second-order valence-electron chi connectivity index (χ2n) is 6.98. The number of carbonyl (C=O) groups is 3. The fourth-order valence-electron chi connectivity index (χ4n) is 3.39. The molecule has 2 amide bonds. The van der Waals surface area contributed by atoms with Gasteiger partial charge in [0.2, 0.25) is 0 Å². The Hall–Kier alpha value is -3.46. The molecule has 0 fully saturated rings. The number of hydrogen-bond donors (Lipinski definition) is 2. The number of hydrogen-bond acceptors (Lipinski definition) is 6. The van der Waals surface area contributed by atoms with E-state index in [1.54, 1.807) is 0 Å². The zero-order valence-electron chi connectivity index (χ0n) is 16.4. The first-order chi connectivity index (χ1) is 14.8. The van der Waals surface area contributed by atoms with Crippen LogP contribution in [0.5, 0.6) is 0 Å². The quantitative estimate of drug-likeness (QED) is 0.383. The average Bonchev–Trinajstić information content (AvgIpc) is 2.76. The standard InChI is InChI=1S/C21H20ClN3O6/c22-16-9-8-14(10-18(16)25(29)30)21(28)23-11-20(27)31-12-19(26)24-17-7-3-5-13-4-1-2-6-15(13)17/h1-2,4,6,8-10,17H,3,5,7,11-12H2,(H,23,28)(H,24,26). The molecule has 0 bridgehead atoms. The summed E-state index contributed by atoms with van der Waals surface area (Å²) < 4.78 is 4.91. The number of halogens is 1. The van der Waals surface area contributed by atoms with Crippen LogP contribution in [0, 0.1) is 10.1 Å². The number of amides is 2. The minimum absolute atomic E-state index is 0.0300. The first-order valence-electron chi connectivity index (χ1n) is 9.60. The molecule has 1 unspecified atom stereocenters. The van der Waals surface area contributed by atoms with Crippen molar-refractivity contribution in [2.45, 2.75) is 25.3 Å². The molecule has 10 heteroatoms. The van der Waals surface area contributed by atoms with E-state index in [1.807, 2.05) is 24.3 Å². The zero-order valence-corrected chi connectivity index (χ0v) is 17.2. The Balaban J connectivity index is 1.45. The lowest BCUT2D eigenvalue weighted by atomic mass is 9.88. The number of nitro groups is 1. The van der Waals surface area contributed by atoms with Gasteiger partial charge in [0.1, 0.15) is 11.6 Å². The maximum Gasteiger partial charge on any atom is 0.325 e. The van der Waals surface area contributed by atoms with Gasteiger partial charge in [0.05, 0.1) is 11.0 Å². The van der Waals surface area contributed by atoms with Crippen LogP contribution in [0.15, 0.2) is 42.5 Å². The number of ether oxygens (including phenoxy) is 1. The highest BCUT2D eigenvalue weighted by Gasteiger charge is 2.22. The number of nitrogens with one attached hydrogen (secondary N) is 2. The third-order valence-electron chi connectivity index (χ3n) is 4.87. The minimum Gasteiger partial charge on any atom is -0.454 e. The molecule has 0 aromatic heterocycles. The van der Waals surface area contributed by atoms with Crippen molar-refractivity contribution in [3.05, 3.63) is 74.3 Å². The van der Waals surface area contributed by atoms with E-state index in [0.717, 1.165) is 30.9 Å². The Labute approximate surface area is 182 Å². The van der Waals surface area contributed by atoms with Gasteiger partial charge in [0.25, 0.3) is 17.5 Å². The van der Waals surface area contributed by atoms with Crippen LogP contribution in [0.2, 0.25) is 5.02 Å². The number of fused-ring (bicyclic) bond motifs is 1. The van der Waals surface area contributed by atoms with Crippen LogP contribution in [0.3, 0.4) is 0 Å². The largest absolute Gasteiger partial charge is 0.454 e. The van der Waals surface area contributed by atoms with Crippen molar-refractivity contribution in [3.63, 3.8) is 0 Å². The van der Waals surface area contributed by atoms with Crippen molar-refractivity contribution in [2.75, 3.05) is 13.2 Å². The smallest absolute Gasteiger partial charge is 0.325 e. The molecule has 1 aliphatic rings. The van der Waals surface area contributed by atoms with Crippen molar-refractivity contribution in [3.8, 4) is 0 Å². The van der Waals surface area contributed by atoms with Crippen LogP contribution in [0.25, 0.3) is 0 Å². The first-order valence-corrected chi connectivity index (χ1v) is 9.98. The summed E-state index contributed by atoms with van der Waals surface area (Å²) in [4.78, 5) is 46.3. The molecule has 0 spiro atoms. The van der Waals surface area contributed by atoms with Gasteiger partial charge in [0.15, 0.2) is 6.61 Å². The predicted octanol–water partition coefficient (Wildman–Crippen LogP) is 2.72. The molecular weight excluding hydrogens is 426 g/mol. The van der Waals surface area contributed by atoms with E-state index < -0.39 is 41.5 Å². The summed E-state index contributed by atoms with van der Waals surface area (Å²) in [5, 5.41) is 16.0. The van der Waals surface area contributed by atoms with Crippen LogP contribution in [-0.2, 0) is 20.7 Å². The zero-order chi connectivity index (χ0) is 22.4. The van der Waals surface area contributed by atoms with Crippen LogP contribution >= 0.6 is 11.6 Å². The number of aryl methyl sites for hydroxylation is 1. The lowest BCUT2D eigenvalue weighted by Gasteiger charge is -2.26. The van der Waals surface area contributed by atoms with E-state index >= 15 is 0 Å². The Morgan fingerprint density at radius 3 is 2.74 bits per heavy atom. The molecule has 2 aromatic carbocycles. The second kappa shape index (κ2) is 10.0. The molecule has 2 N–H and O–H groups in total. The molecule has 0 radical (unpaired) electrons. The average molecular weight is 446 g/mol. The van der Waals surface area contributed by atoms with E-state index in [4.69, 9.17) is 16.3 Å². The van der Waals surface area contributed by atoms with Gasteiger partial charge in [-0.25, -0.2) is 0 Å². The van der Waals surface area contributed by atoms with E-state index in [2.05, 4.69) is 10.6 Å². The molecule has 0 saturated carbocycles. The van der Waals surface area contributed by atoms with Gasteiger partial charge in [-0.3, -0.25) is 24.5 Å².